The second kappa shape index (κ2) is 14.0. The molecule has 0 saturated heterocycles. The topological polar surface area (TPSA) is 136 Å². The van der Waals surface area contributed by atoms with Crippen molar-refractivity contribution in [3.8, 4) is 18.2 Å². The first-order valence-corrected chi connectivity index (χ1v) is 11.0. The standard InChI is InChI=1S/C9H11N3.C9H10N2.C8H9N3/c1-6(2)9-8(4-10)11-5-7(3)12-9;1-7(2)8-4-3-5-11-9(8)6-10;1-6(2)8-7(5-9)10-3-4-11-8/h5-6H,1-3H3;3-5,7H,1-2H3;3-4,6H,1-2H3. The molecule has 8 heteroatoms. The third-order valence-corrected chi connectivity index (χ3v) is 4.52. The lowest BCUT2D eigenvalue weighted by Crippen LogP contribution is -2.01. The molecule has 0 bridgehead atoms. The second-order valence-electron chi connectivity index (χ2n) is 8.28. The Morgan fingerprint density at radius 2 is 1.18 bits per heavy atom. The van der Waals surface area contributed by atoms with E-state index in [0.29, 0.717) is 23.0 Å². The summed E-state index contributed by atoms with van der Waals surface area (Å²) < 4.78 is 0. The Hall–Kier alpha value is -4.22. The number of pyridine rings is 1. The van der Waals surface area contributed by atoms with Crippen LogP contribution in [0.25, 0.3) is 0 Å². The Morgan fingerprint density at radius 3 is 1.65 bits per heavy atom. The molecule has 0 aliphatic heterocycles. The maximum absolute atomic E-state index is 8.71. The van der Waals surface area contributed by atoms with Gasteiger partial charge in [-0.25, -0.2) is 15.0 Å². The normalized spacial score (nSPS) is 9.74. The van der Waals surface area contributed by atoms with E-state index in [4.69, 9.17) is 15.8 Å². The van der Waals surface area contributed by atoms with Crippen molar-refractivity contribution in [2.45, 2.75) is 66.2 Å². The van der Waals surface area contributed by atoms with Crippen LogP contribution in [0.1, 0.15) is 99.0 Å². The summed E-state index contributed by atoms with van der Waals surface area (Å²) in [5, 5.41) is 26.0. The van der Waals surface area contributed by atoms with Crippen LogP contribution in [-0.2, 0) is 0 Å². The summed E-state index contributed by atoms with van der Waals surface area (Å²) in [5.74, 6) is 0.892. The monoisotopic (exact) mass is 454 g/mol. The first-order chi connectivity index (χ1) is 16.2. The van der Waals surface area contributed by atoms with Crippen LogP contribution in [0, 0.1) is 40.9 Å². The van der Waals surface area contributed by atoms with E-state index in [1.54, 1.807) is 18.6 Å². The van der Waals surface area contributed by atoms with Gasteiger partial charge in [-0.2, -0.15) is 15.8 Å². The lowest BCUT2D eigenvalue weighted by molar-refractivity contribution is 0.796. The Balaban J connectivity index is 0.000000255. The van der Waals surface area contributed by atoms with Gasteiger partial charge in [-0.15, -0.1) is 0 Å². The van der Waals surface area contributed by atoms with Crippen LogP contribution in [0.3, 0.4) is 0 Å². The minimum atomic E-state index is 0.257. The van der Waals surface area contributed by atoms with Crippen LogP contribution >= 0.6 is 0 Å². The predicted octanol–water partition coefficient (Wildman–Crippen LogP) is 5.33. The van der Waals surface area contributed by atoms with Gasteiger partial charge in [0.25, 0.3) is 0 Å². The number of nitriles is 3. The van der Waals surface area contributed by atoms with Crippen molar-refractivity contribution in [2.24, 2.45) is 0 Å². The SMILES string of the molecule is CC(C)c1cccnc1C#N.CC(C)c1nccnc1C#N.Cc1cnc(C#N)c(C(C)C)n1. The molecule has 0 aliphatic carbocycles. The highest BCUT2D eigenvalue weighted by Gasteiger charge is 2.09. The number of nitrogens with zero attached hydrogens (tertiary/aromatic N) is 8. The minimum Gasteiger partial charge on any atom is -0.256 e. The molecule has 0 amide bonds. The van der Waals surface area contributed by atoms with Gasteiger partial charge in [0.15, 0.2) is 11.4 Å². The van der Waals surface area contributed by atoms with Crippen LogP contribution < -0.4 is 0 Å². The molecule has 3 heterocycles. The van der Waals surface area contributed by atoms with Crippen LogP contribution in [0.5, 0.6) is 0 Å². The molecule has 0 fully saturated rings. The minimum absolute atomic E-state index is 0.257. The summed E-state index contributed by atoms with van der Waals surface area (Å²) in [4.78, 5) is 20.2. The third-order valence-electron chi connectivity index (χ3n) is 4.52. The van der Waals surface area contributed by atoms with Crippen molar-refractivity contribution in [3.05, 3.63) is 76.6 Å². The van der Waals surface area contributed by atoms with Crippen LogP contribution in [0.2, 0.25) is 0 Å². The molecule has 0 saturated carbocycles. The van der Waals surface area contributed by atoms with Gasteiger partial charge >= 0.3 is 0 Å². The zero-order valence-corrected chi connectivity index (χ0v) is 20.8. The average Bonchev–Trinajstić information content (AvgIpc) is 2.84. The van der Waals surface area contributed by atoms with E-state index in [0.717, 1.165) is 22.6 Å². The maximum Gasteiger partial charge on any atom is 0.162 e. The number of hydrogen-bond acceptors (Lipinski definition) is 8. The summed E-state index contributed by atoms with van der Waals surface area (Å²) >= 11 is 0. The Bertz CT molecular complexity index is 1130. The van der Waals surface area contributed by atoms with E-state index in [-0.39, 0.29) is 11.8 Å². The maximum atomic E-state index is 8.71. The Kier molecular flexibility index (Phi) is 11.5. The molecular formula is C26H30N8. The fourth-order valence-corrected chi connectivity index (χ4v) is 2.82. The summed E-state index contributed by atoms with van der Waals surface area (Å²) in [6, 6.07) is 9.90. The molecule has 0 spiro atoms. The van der Waals surface area contributed by atoms with E-state index < -0.39 is 0 Å². The summed E-state index contributed by atoms with van der Waals surface area (Å²) in [6.45, 7) is 14.0. The molecule has 0 unspecified atom stereocenters. The Morgan fingerprint density at radius 1 is 0.647 bits per heavy atom. The fourth-order valence-electron chi connectivity index (χ4n) is 2.82. The molecule has 0 aliphatic rings. The van der Waals surface area contributed by atoms with Crippen LogP contribution in [-0.4, -0.2) is 24.9 Å². The Labute approximate surface area is 202 Å². The quantitative estimate of drug-likeness (QED) is 0.518. The number of hydrogen-bond donors (Lipinski definition) is 0. The summed E-state index contributed by atoms with van der Waals surface area (Å²) in [5.41, 5.74) is 4.86. The molecule has 0 aromatic carbocycles. The number of aromatic nitrogens is 5. The van der Waals surface area contributed by atoms with Crippen molar-refractivity contribution in [1.82, 2.24) is 24.9 Å². The van der Waals surface area contributed by atoms with Crippen molar-refractivity contribution in [3.63, 3.8) is 0 Å². The predicted molar refractivity (Wildman–Crippen MR) is 129 cm³/mol. The molecule has 0 radical (unpaired) electrons. The second-order valence-corrected chi connectivity index (χ2v) is 8.28. The van der Waals surface area contributed by atoms with Crippen molar-refractivity contribution >= 4 is 0 Å². The highest BCUT2D eigenvalue weighted by Crippen LogP contribution is 2.16. The molecule has 3 aromatic heterocycles. The molecular weight excluding hydrogens is 424 g/mol. The van der Waals surface area contributed by atoms with Gasteiger partial charge in [-0.05, 0) is 36.3 Å². The number of aryl methyl sites for hydroxylation is 1. The highest BCUT2D eigenvalue weighted by molar-refractivity contribution is 5.32. The van der Waals surface area contributed by atoms with Crippen molar-refractivity contribution in [2.75, 3.05) is 0 Å². The van der Waals surface area contributed by atoms with E-state index in [1.165, 1.54) is 6.20 Å². The first kappa shape index (κ1) is 27.8. The lowest BCUT2D eigenvalue weighted by atomic mass is 10.0. The fraction of sp³-hybridized carbons (Fsp3) is 0.385. The van der Waals surface area contributed by atoms with Gasteiger partial charge in [0.05, 0.1) is 17.1 Å². The highest BCUT2D eigenvalue weighted by atomic mass is 14.8. The van der Waals surface area contributed by atoms with E-state index in [1.807, 2.05) is 58.9 Å². The smallest absolute Gasteiger partial charge is 0.162 e. The molecule has 0 atom stereocenters. The zero-order valence-electron chi connectivity index (χ0n) is 20.8. The van der Waals surface area contributed by atoms with E-state index in [9.17, 15) is 0 Å². The largest absolute Gasteiger partial charge is 0.256 e. The van der Waals surface area contributed by atoms with Gasteiger partial charge in [0, 0.05) is 24.8 Å². The summed E-state index contributed by atoms with van der Waals surface area (Å²) in [6.07, 6.45) is 6.40. The van der Waals surface area contributed by atoms with E-state index in [2.05, 4.69) is 44.8 Å². The molecule has 3 aromatic rings. The van der Waals surface area contributed by atoms with Crippen molar-refractivity contribution < 1.29 is 0 Å². The van der Waals surface area contributed by atoms with Gasteiger partial charge in [-0.1, -0.05) is 47.6 Å². The van der Waals surface area contributed by atoms with Crippen LogP contribution in [0.4, 0.5) is 0 Å². The summed E-state index contributed by atoms with van der Waals surface area (Å²) in [7, 11) is 0. The number of rotatable bonds is 3. The molecule has 34 heavy (non-hydrogen) atoms. The van der Waals surface area contributed by atoms with E-state index >= 15 is 0 Å². The molecule has 174 valence electrons. The molecule has 3 rings (SSSR count). The van der Waals surface area contributed by atoms with Gasteiger partial charge in [0.1, 0.15) is 23.9 Å². The van der Waals surface area contributed by atoms with Gasteiger partial charge in [-0.3, -0.25) is 9.97 Å². The van der Waals surface area contributed by atoms with Gasteiger partial charge < -0.3 is 0 Å². The third kappa shape index (κ3) is 8.37. The van der Waals surface area contributed by atoms with Crippen molar-refractivity contribution in [1.29, 1.82) is 15.8 Å². The average molecular weight is 455 g/mol. The lowest BCUT2D eigenvalue weighted by Gasteiger charge is -2.05. The van der Waals surface area contributed by atoms with Gasteiger partial charge in [0.2, 0.25) is 0 Å². The molecule has 0 N–H and O–H groups in total. The zero-order chi connectivity index (χ0) is 25.7. The van der Waals surface area contributed by atoms with Crippen LogP contribution in [0.15, 0.2) is 36.9 Å². The first-order valence-electron chi connectivity index (χ1n) is 11.0. The molecule has 8 nitrogen and oxygen atoms in total.